The van der Waals surface area contributed by atoms with Gasteiger partial charge in [0.1, 0.15) is 0 Å². The third kappa shape index (κ3) is 5.77. The van der Waals surface area contributed by atoms with Crippen molar-refractivity contribution in [3.05, 3.63) is 30.3 Å². The quantitative estimate of drug-likeness (QED) is 0.808. The zero-order chi connectivity index (χ0) is 12.0. The largest absolute Gasteiger partial charge is 0.274 e. The summed E-state index contributed by atoms with van der Waals surface area (Å²) in [5, 5.41) is 0. The lowest BCUT2D eigenvalue weighted by Crippen LogP contribution is -2.29. The molecule has 0 radical (unpaired) electrons. The summed E-state index contributed by atoms with van der Waals surface area (Å²) in [5.41, 5.74) is 0. The standard InChI is InChI=1S/C10H13NO3S2/c1-16(13,14)11-10(12)7-8-15-9-5-3-2-4-6-9/h2-6H,7-8H2,1H3,(H,11,12). The summed E-state index contributed by atoms with van der Waals surface area (Å²) in [6.45, 7) is 0. The Bertz CT molecular complexity index is 442. The predicted molar refractivity (Wildman–Crippen MR) is 64.8 cm³/mol. The topological polar surface area (TPSA) is 63.2 Å². The van der Waals surface area contributed by atoms with Crippen molar-refractivity contribution in [2.75, 3.05) is 12.0 Å². The first-order chi connectivity index (χ1) is 7.47. The highest BCUT2D eigenvalue weighted by Crippen LogP contribution is 2.17. The van der Waals surface area contributed by atoms with Gasteiger partial charge in [-0.25, -0.2) is 8.42 Å². The van der Waals surface area contributed by atoms with Crippen molar-refractivity contribution in [2.24, 2.45) is 0 Å². The van der Waals surface area contributed by atoms with Crippen LogP contribution in [0, 0.1) is 0 Å². The van der Waals surface area contributed by atoms with Crippen molar-refractivity contribution in [3.63, 3.8) is 0 Å². The van der Waals surface area contributed by atoms with Crippen LogP contribution in [-0.4, -0.2) is 26.3 Å². The maximum atomic E-state index is 11.1. The normalized spacial score (nSPS) is 11.1. The van der Waals surface area contributed by atoms with Gasteiger partial charge in [0.2, 0.25) is 15.9 Å². The monoisotopic (exact) mass is 259 g/mol. The van der Waals surface area contributed by atoms with Crippen molar-refractivity contribution in [3.8, 4) is 0 Å². The zero-order valence-electron chi connectivity index (χ0n) is 8.84. The van der Waals surface area contributed by atoms with Crippen LogP contribution in [0.5, 0.6) is 0 Å². The highest BCUT2D eigenvalue weighted by atomic mass is 32.2. The number of rotatable bonds is 5. The van der Waals surface area contributed by atoms with Gasteiger partial charge in [0, 0.05) is 17.1 Å². The molecule has 0 bridgehead atoms. The molecule has 0 heterocycles. The fourth-order valence-corrected chi connectivity index (χ4v) is 2.42. The van der Waals surface area contributed by atoms with Crippen LogP contribution in [0.4, 0.5) is 0 Å². The van der Waals surface area contributed by atoms with E-state index in [-0.39, 0.29) is 6.42 Å². The Labute approximate surface area is 99.5 Å². The lowest BCUT2D eigenvalue weighted by Gasteiger charge is -2.02. The van der Waals surface area contributed by atoms with Gasteiger partial charge in [0.05, 0.1) is 6.26 Å². The molecule has 1 rings (SSSR count). The number of benzene rings is 1. The van der Waals surface area contributed by atoms with Crippen molar-refractivity contribution >= 4 is 27.7 Å². The summed E-state index contributed by atoms with van der Waals surface area (Å²) >= 11 is 1.52. The van der Waals surface area contributed by atoms with Crippen LogP contribution in [-0.2, 0) is 14.8 Å². The highest BCUT2D eigenvalue weighted by Gasteiger charge is 2.07. The molecule has 0 unspecified atom stereocenters. The average Bonchev–Trinajstić information content (AvgIpc) is 2.16. The van der Waals surface area contributed by atoms with Crippen LogP contribution in [0.25, 0.3) is 0 Å². The minimum atomic E-state index is -3.43. The number of nitrogens with one attached hydrogen (secondary N) is 1. The molecule has 4 nitrogen and oxygen atoms in total. The Kier molecular flexibility index (Phi) is 4.82. The van der Waals surface area contributed by atoms with Gasteiger partial charge in [0.25, 0.3) is 0 Å². The molecule has 0 spiro atoms. The Balaban J connectivity index is 2.29. The molecule has 88 valence electrons. The van der Waals surface area contributed by atoms with E-state index in [1.54, 1.807) is 0 Å². The van der Waals surface area contributed by atoms with E-state index in [9.17, 15) is 13.2 Å². The fourth-order valence-electron chi connectivity index (χ4n) is 1.04. The van der Waals surface area contributed by atoms with E-state index in [1.807, 2.05) is 35.1 Å². The van der Waals surface area contributed by atoms with E-state index >= 15 is 0 Å². The van der Waals surface area contributed by atoms with E-state index in [0.717, 1.165) is 11.2 Å². The second kappa shape index (κ2) is 5.91. The third-order valence-electron chi connectivity index (χ3n) is 1.64. The number of sulfonamides is 1. The number of amides is 1. The molecule has 1 aromatic carbocycles. The molecule has 0 atom stereocenters. The zero-order valence-corrected chi connectivity index (χ0v) is 10.5. The predicted octanol–water partition coefficient (Wildman–Crippen LogP) is 1.24. The molecular weight excluding hydrogens is 246 g/mol. The molecule has 0 aliphatic rings. The summed E-state index contributed by atoms with van der Waals surface area (Å²) in [6.07, 6.45) is 1.15. The van der Waals surface area contributed by atoms with E-state index in [0.29, 0.717) is 5.75 Å². The molecular formula is C10H13NO3S2. The maximum absolute atomic E-state index is 11.1. The maximum Gasteiger partial charge on any atom is 0.234 e. The van der Waals surface area contributed by atoms with E-state index < -0.39 is 15.9 Å². The molecule has 0 saturated carbocycles. The molecule has 1 aromatic rings. The van der Waals surface area contributed by atoms with Crippen LogP contribution < -0.4 is 4.72 Å². The van der Waals surface area contributed by atoms with E-state index in [4.69, 9.17) is 0 Å². The summed E-state index contributed by atoms with van der Waals surface area (Å²) in [5.74, 6) is 0.0941. The molecule has 0 saturated heterocycles. The number of hydrogen-bond donors (Lipinski definition) is 1. The molecule has 1 N–H and O–H groups in total. The molecule has 0 aliphatic heterocycles. The summed E-state index contributed by atoms with van der Waals surface area (Å²) < 4.78 is 23.4. The van der Waals surface area contributed by atoms with Crippen molar-refractivity contribution in [1.82, 2.24) is 4.72 Å². The second-order valence-electron chi connectivity index (χ2n) is 3.21. The second-order valence-corrected chi connectivity index (χ2v) is 6.13. The van der Waals surface area contributed by atoms with Gasteiger partial charge in [-0.05, 0) is 12.1 Å². The third-order valence-corrected chi connectivity index (χ3v) is 3.25. The minimum Gasteiger partial charge on any atom is -0.274 e. The Hall–Kier alpha value is -1.01. The van der Waals surface area contributed by atoms with Crippen LogP contribution in [0.1, 0.15) is 6.42 Å². The smallest absolute Gasteiger partial charge is 0.234 e. The molecule has 1 amide bonds. The highest BCUT2D eigenvalue weighted by molar-refractivity contribution is 7.99. The van der Waals surface area contributed by atoms with Crippen LogP contribution in [0.15, 0.2) is 35.2 Å². The number of carbonyl (C=O) groups excluding carboxylic acids is 1. The van der Waals surface area contributed by atoms with Gasteiger partial charge in [-0.3, -0.25) is 9.52 Å². The van der Waals surface area contributed by atoms with Crippen LogP contribution in [0.2, 0.25) is 0 Å². The van der Waals surface area contributed by atoms with Crippen molar-refractivity contribution < 1.29 is 13.2 Å². The number of carbonyl (C=O) groups is 1. The minimum absolute atomic E-state index is 0.187. The van der Waals surface area contributed by atoms with Crippen molar-refractivity contribution in [1.29, 1.82) is 0 Å². The Morgan fingerprint density at radius 2 is 1.94 bits per heavy atom. The Morgan fingerprint density at radius 3 is 2.50 bits per heavy atom. The molecule has 0 aromatic heterocycles. The van der Waals surface area contributed by atoms with Crippen LogP contribution >= 0.6 is 11.8 Å². The molecule has 0 fully saturated rings. The van der Waals surface area contributed by atoms with Gasteiger partial charge in [-0.15, -0.1) is 11.8 Å². The molecule has 0 aliphatic carbocycles. The summed E-state index contributed by atoms with van der Waals surface area (Å²) in [4.78, 5) is 12.2. The summed E-state index contributed by atoms with van der Waals surface area (Å²) in [6, 6.07) is 9.64. The number of hydrogen-bond acceptors (Lipinski definition) is 4. The van der Waals surface area contributed by atoms with Gasteiger partial charge in [-0.2, -0.15) is 0 Å². The first kappa shape index (κ1) is 13.1. The lowest BCUT2D eigenvalue weighted by atomic mass is 10.4. The van der Waals surface area contributed by atoms with Crippen molar-refractivity contribution in [2.45, 2.75) is 11.3 Å². The van der Waals surface area contributed by atoms with Crippen LogP contribution in [0.3, 0.4) is 0 Å². The van der Waals surface area contributed by atoms with Gasteiger partial charge >= 0.3 is 0 Å². The first-order valence-electron chi connectivity index (χ1n) is 4.66. The van der Waals surface area contributed by atoms with Gasteiger partial charge < -0.3 is 0 Å². The Morgan fingerprint density at radius 1 is 1.31 bits per heavy atom. The number of thioether (sulfide) groups is 1. The summed E-state index contributed by atoms with van der Waals surface area (Å²) in [7, 11) is -3.43. The SMILES string of the molecule is CS(=O)(=O)NC(=O)CCSc1ccccc1. The van der Waals surface area contributed by atoms with Gasteiger partial charge in [0.15, 0.2) is 0 Å². The molecule has 6 heteroatoms. The molecule has 16 heavy (non-hydrogen) atoms. The fraction of sp³-hybridized carbons (Fsp3) is 0.300. The van der Waals surface area contributed by atoms with Gasteiger partial charge in [-0.1, -0.05) is 18.2 Å². The van der Waals surface area contributed by atoms with E-state index in [1.165, 1.54) is 11.8 Å². The first-order valence-corrected chi connectivity index (χ1v) is 7.53. The average molecular weight is 259 g/mol. The van der Waals surface area contributed by atoms with E-state index in [2.05, 4.69) is 0 Å². The lowest BCUT2D eigenvalue weighted by molar-refractivity contribution is -0.118.